The van der Waals surface area contributed by atoms with Gasteiger partial charge in [-0.2, -0.15) is 4.98 Å². The highest BCUT2D eigenvalue weighted by Gasteiger charge is 2.19. The fraction of sp³-hybridized carbons (Fsp3) is 0.227. The molecule has 1 amide bonds. The summed E-state index contributed by atoms with van der Waals surface area (Å²) in [4.78, 5) is 34.2. The number of anilines is 4. The summed E-state index contributed by atoms with van der Waals surface area (Å²) in [5, 5.41) is 17.0. The zero-order chi connectivity index (χ0) is 22.4. The van der Waals surface area contributed by atoms with Gasteiger partial charge in [0.1, 0.15) is 11.4 Å². The molecule has 9 heteroatoms. The van der Waals surface area contributed by atoms with E-state index < -0.39 is 10.8 Å². The van der Waals surface area contributed by atoms with Gasteiger partial charge in [0, 0.05) is 42.3 Å². The largest absolute Gasteiger partial charge is 0.357 e. The maximum atomic E-state index is 12.5. The van der Waals surface area contributed by atoms with Gasteiger partial charge in [0.05, 0.1) is 4.92 Å². The molecule has 0 fully saturated rings. The maximum absolute atomic E-state index is 12.5. The third-order valence-corrected chi connectivity index (χ3v) is 4.67. The molecule has 31 heavy (non-hydrogen) atoms. The number of nitro groups is 1. The van der Waals surface area contributed by atoms with Crippen LogP contribution in [0.4, 0.5) is 28.8 Å². The number of benzene rings is 2. The molecule has 0 atom stereocenters. The summed E-state index contributed by atoms with van der Waals surface area (Å²) in [7, 11) is 0. The Kier molecular flexibility index (Phi) is 6.76. The quantitative estimate of drug-likeness (QED) is 0.406. The molecule has 2 aromatic carbocycles. The molecule has 0 radical (unpaired) electrons. The second kappa shape index (κ2) is 9.66. The van der Waals surface area contributed by atoms with E-state index in [-0.39, 0.29) is 11.3 Å². The second-order valence-corrected chi connectivity index (χ2v) is 6.79. The second-order valence-electron chi connectivity index (χ2n) is 6.79. The molecule has 0 aliphatic carbocycles. The van der Waals surface area contributed by atoms with Crippen LogP contribution in [0.1, 0.15) is 29.9 Å². The maximum Gasteiger partial charge on any atom is 0.282 e. The summed E-state index contributed by atoms with van der Waals surface area (Å²) in [6.45, 7) is 7.76. The molecular weight excluding hydrogens is 396 g/mol. The molecular formula is C22H24N6O3. The highest BCUT2D eigenvalue weighted by molar-refractivity contribution is 6.07. The number of carbonyl (C=O) groups excluding carboxylic acids is 1. The Morgan fingerprint density at radius 2 is 1.68 bits per heavy atom. The third kappa shape index (κ3) is 5.33. The Morgan fingerprint density at radius 1 is 1.03 bits per heavy atom. The summed E-state index contributed by atoms with van der Waals surface area (Å²) in [5.41, 5.74) is 1.89. The lowest BCUT2D eigenvalue weighted by Gasteiger charge is -2.20. The molecule has 0 aliphatic rings. The van der Waals surface area contributed by atoms with Crippen LogP contribution < -0.4 is 15.5 Å². The van der Waals surface area contributed by atoms with Gasteiger partial charge in [0.25, 0.3) is 11.6 Å². The van der Waals surface area contributed by atoms with E-state index in [2.05, 4.69) is 39.3 Å². The summed E-state index contributed by atoms with van der Waals surface area (Å²) in [6, 6.07) is 14.7. The van der Waals surface area contributed by atoms with Gasteiger partial charge in [-0.15, -0.1) is 0 Å². The average Bonchev–Trinajstić information content (AvgIpc) is 2.75. The lowest BCUT2D eigenvalue weighted by atomic mass is 10.1. The topological polar surface area (TPSA) is 113 Å². The van der Waals surface area contributed by atoms with Gasteiger partial charge < -0.3 is 15.5 Å². The number of nitro benzene ring substituents is 1. The molecule has 3 aromatic rings. The molecule has 0 aliphatic heterocycles. The van der Waals surface area contributed by atoms with Crippen LogP contribution in [0.25, 0.3) is 0 Å². The van der Waals surface area contributed by atoms with E-state index in [1.165, 1.54) is 18.2 Å². The van der Waals surface area contributed by atoms with Gasteiger partial charge >= 0.3 is 0 Å². The van der Waals surface area contributed by atoms with Gasteiger partial charge in [-0.25, -0.2) is 4.98 Å². The number of nitrogens with one attached hydrogen (secondary N) is 2. The summed E-state index contributed by atoms with van der Waals surface area (Å²) in [6.07, 6.45) is 0. The number of aryl methyl sites for hydroxylation is 1. The number of aromatic nitrogens is 2. The molecule has 3 rings (SSSR count). The average molecular weight is 420 g/mol. The van der Waals surface area contributed by atoms with Crippen LogP contribution in [0.15, 0.2) is 54.6 Å². The van der Waals surface area contributed by atoms with E-state index in [9.17, 15) is 14.9 Å². The van der Waals surface area contributed by atoms with E-state index in [4.69, 9.17) is 0 Å². The smallest absolute Gasteiger partial charge is 0.282 e. The Morgan fingerprint density at radius 3 is 2.32 bits per heavy atom. The van der Waals surface area contributed by atoms with Crippen molar-refractivity contribution in [1.29, 1.82) is 0 Å². The minimum atomic E-state index is -0.573. The van der Waals surface area contributed by atoms with Crippen molar-refractivity contribution >= 4 is 34.7 Å². The molecule has 0 saturated carbocycles. The minimum absolute atomic E-state index is 0.00629. The Balaban J connectivity index is 1.73. The molecule has 160 valence electrons. The van der Waals surface area contributed by atoms with Crippen molar-refractivity contribution in [3.05, 3.63) is 76.0 Å². The monoisotopic (exact) mass is 420 g/mol. The first-order valence-corrected chi connectivity index (χ1v) is 9.93. The zero-order valence-corrected chi connectivity index (χ0v) is 17.6. The number of hydrogen-bond acceptors (Lipinski definition) is 7. The van der Waals surface area contributed by atoms with Crippen molar-refractivity contribution in [3.63, 3.8) is 0 Å². The first kappa shape index (κ1) is 21.7. The fourth-order valence-corrected chi connectivity index (χ4v) is 3.11. The van der Waals surface area contributed by atoms with Crippen molar-refractivity contribution in [2.75, 3.05) is 28.6 Å². The van der Waals surface area contributed by atoms with Crippen LogP contribution in [0.3, 0.4) is 0 Å². The normalized spacial score (nSPS) is 10.4. The van der Waals surface area contributed by atoms with Crippen LogP contribution in [-0.2, 0) is 0 Å². The first-order valence-electron chi connectivity index (χ1n) is 9.93. The highest BCUT2D eigenvalue weighted by Crippen LogP contribution is 2.22. The van der Waals surface area contributed by atoms with E-state index >= 15 is 0 Å². The van der Waals surface area contributed by atoms with E-state index in [1.807, 2.05) is 13.0 Å². The molecule has 0 unspecified atom stereocenters. The van der Waals surface area contributed by atoms with Crippen LogP contribution in [0.5, 0.6) is 0 Å². The standard InChI is InChI=1S/C22H24N6O3/c1-4-27(5-2)20-14-15(3)23-22(26-20)25-17-12-10-16(11-13-17)24-21(29)18-8-6-7-9-19(18)28(30)31/h6-14H,4-5H2,1-3H3,(H,24,29)(H,23,25,26). The molecule has 0 bridgehead atoms. The Labute approximate surface area is 180 Å². The lowest BCUT2D eigenvalue weighted by molar-refractivity contribution is -0.385. The first-order chi connectivity index (χ1) is 14.9. The number of hydrogen-bond donors (Lipinski definition) is 2. The van der Waals surface area contributed by atoms with Crippen LogP contribution in [0, 0.1) is 17.0 Å². The minimum Gasteiger partial charge on any atom is -0.357 e. The molecule has 1 heterocycles. The molecule has 0 saturated heterocycles. The third-order valence-electron chi connectivity index (χ3n) is 4.67. The molecule has 9 nitrogen and oxygen atoms in total. The fourth-order valence-electron chi connectivity index (χ4n) is 3.11. The summed E-state index contributed by atoms with van der Waals surface area (Å²) in [5.74, 6) is 0.797. The van der Waals surface area contributed by atoms with Gasteiger partial charge in [0.15, 0.2) is 0 Å². The molecule has 1 aromatic heterocycles. The predicted octanol–water partition coefficient (Wildman–Crippen LogP) is 4.54. The van der Waals surface area contributed by atoms with Crippen LogP contribution in [0.2, 0.25) is 0 Å². The van der Waals surface area contributed by atoms with Crippen molar-refractivity contribution < 1.29 is 9.72 Å². The Bertz CT molecular complexity index is 1080. The Hall–Kier alpha value is -4.01. The number of rotatable bonds is 8. The van der Waals surface area contributed by atoms with Gasteiger partial charge in [-0.1, -0.05) is 12.1 Å². The van der Waals surface area contributed by atoms with Crippen molar-refractivity contribution in [2.24, 2.45) is 0 Å². The summed E-state index contributed by atoms with van der Waals surface area (Å²) < 4.78 is 0. The van der Waals surface area contributed by atoms with Gasteiger partial charge in [-0.05, 0) is 51.1 Å². The number of carbonyl (C=O) groups is 1. The number of nitrogens with zero attached hydrogens (tertiary/aromatic N) is 4. The van der Waals surface area contributed by atoms with E-state index in [0.29, 0.717) is 11.6 Å². The van der Waals surface area contributed by atoms with Gasteiger partial charge in [0.2, 0.25) is 5.95 Å². The van der Waals surface area contributed by atoms with Crippen LogP contribution in [-0.4, -0.2) is 33.9 Å². The lowest BCUT2D eigenvalue weighted by Crippen LogP contribution is -2.23. The predicted molar refractivity (Wildman–Crippen MR) is 121 cm³/mol. The molecule has 2 N–H and O–H groups in total. The molecule has 0 spiro atoms. The van der Waals surface area contributed by atoms with Crippen molar-refractivity contribution in [2.45, 2.75) is 20.8 Å². The van der Waals surface area contributed by atoms with Crippen molar-refractivity contribution in [3.8, 4) is 0 Å². The van der Waals surface area contributed by atoms with Crippen LogP contribution >= 0.6 is 0 Å². The SMILES string of the molecule is CCN(CC)c1cc(C)nc(Nc2ccc(NC(=O)c3ccccc3[N+](=O)[O-])cc2)n1. The number of amides is 1. The van der Waals surface area contributed by atoms with E-state index in [1.54, 1.807) is 30.3 Å². The van der Waals surface area contributed by atoms with E-state index in [0.717, 1.165) is 30.3 Å². The van der Waals surface area contributed by atoms with Crippen molar-refractivity contribution in [1.82, 2.24) is 9.97 Å². The summed E-state index contributed by atoms with van der Waals surface area (Å²) >= 11 is 0. The van der Waals surface area contributed by atoms with Gasteiger partial charge in [-0.3, -0.25) is 14.9 Å². The zero-order valence-electron chi connectivity index (χ0n) is 17.6. The number of para-hydroxylation sites is 1. The highest BCUT2D eigenvalue weighted by atomic mass is 16.6.